The molecule has 2 aromatic heterocycles. The van der Waals surface area contributed by atoms with Gasteiger partial charge in [0, 0.05) is 37.4 Å². The van der Waals surface area contributed by atoms with Crippen molar-refractivity contribution in [2.45, 2.75) is 44.9 Å². The molecule has 1 amide bonds. The highest BCUT2D eigenvalue weighted by atomic mass is 16.5. The average Bonchev–Trinajstić information content (AvgIpc) is 3.60. The fraction of sp³-hybridized carbons (Fsp3) is 0.440. The van der Waals surface area contributed by atoms with E-state index in [-0.39, 0.29) is 5.91 Å². The molecule has 0 radical (unpaired) electrons. The van der Waals surface area contributed by atoms with E-state index in [4.69, 9.17) is 14.5 Å². The Morgan fingerprint density at radius 1 is 1.21 bits per heavy atom. The van der Waals surface area contributed by atoms with E-state index in [9.17, 15) is 4.79 Å². The lowest BCUT2D eigenvalue weighted by atomic mass is 9.90. The maximum atomic E-state index is 12.9. The largest absolute Gasteiger partial charge is 0.497 e. The number of aryl methyl sites for hydroxylation is 2. The SMILES string of the molecule is CCOCCCNC(=O)c1cnn(-c2ncc3c(n2)-c2cc(OC)ccc2CC3)c1C1CC1. The number of aromatic nitrogens is 4. The highest BCUT2D eigenvalue weighted by Gasteiger charge is 2.34. The number of methoxy groups -OCH3 is 1. The monoisotopic (exact) mass is 447 g/mol. The summed E-state index contributed by atoms with van der Waals surface area (Å²) in [6.45, 7) is 3.86. The van der Waals surface area contributed by atoms with E-state index < -0.39 is 0 Å². The van der Waals surface area contributed by atoms with Crippen LogP contribution >= 0.6 is 0 Å². The van der Waals surface area contributed by atoms with E-state index in [2.05, 4.69) is 21.5 Å². The van der Waals surface area contributed by atoms with E-state index in [1.807, 2.05) is 25.3 Å². The molecular formula is C25H29N5O3. The second-order valence-electron chi connectivity index (χ2n) is 8.50. The first kappa shape index (κ1) is 21.6. The standard InChI is InChI=1S/C25H29N5O3/c1-3-33-12-4-11-26-24(31)21-15-28-30(23(21)17-6-7-17)25-27-14-18-8-5-16-9-10-19(32-2)13-20(16)22(18)29-25/h9-10,13-15,17H,3-8,11-12H2,1-2H3,(H,26,31). The third-order valence-electron chi connectivity index (χ3n) is 6.25. The van der Waals surface area contributed by atoms with Gasteiger partial charge in [-0.15, -0.1) is 0 Å². The first-order valence-electron chi connectivity index (χ1n) is 11.7. The van der Waals surface area contributed by atoms with Crippen molar-refractivity contribution in [1.82, 2.24) is 25.1 Å². The molecule has 0 saturated heterocycles. The molecule has 0 bridgehead atoms. The minimum Gasteiger partial charge on any atom is -0.497 e. The Hall–Kier alpha value is -3.26. The number of hydrogen-bond acceptors (Lipinski definition) is 6. The van der Waals surface area contributed by atoms with Crippen molar-refractivity contribution in [3.05, 3.63) is 53.0 Å². The minimum absolute atomic E-state index is 0.104. The van der Waals surface area contributed by atoms with Gasteiger partial charge in [-0.25, -0.2) is 14.6 Å². The number of carbonyl (C=O) groups is 1. The first-order chi connectivity index (χ1) is 16.2. The van der Waals surface area contributed by atoms with Gasteiger partial charge in [0.05, 0.1) is 30.3 Å². The van der Waals surface area contributed by atoms with Crippen LogP contribution in [0.3, 0.4) is 0 Å². The van der Waals surface area contributed by atoms with Gasteiger partial charge in [0.2, 0.25) is 0 Å². The number of nitrogens with zero attached hydrogens (tertiary/aromatic N) is 4. The van der Waals surface area contributed by atoms with Crippen molar-refractivity contribution in [1.29, 1.82) is 0 Å². The number of nitrogens with one attached hydrogen (secondary N) is 1. The number of benzene rings is 1. The maximum absolute atomic E-state index is 12.9. The summed E-state index contributed by atoms with van der Waals surface area (Å²) in [6, 6.07) is 6.14. The molecule has 1 N–H and O–H groups in total. The molecule has 0 spiro atoms. The summed E-state index contributed by atoms with van der Waals surface area (Å²) in [6.07, 6.45) is 8.26. The lowest BCUT2D eigenvalue weighted by Crippen LogP contribution is -2.26. The van der Waals surface area contributed by atoms with E-state index >= 15 is 0 Å². The molecule has 8 nitrogen and oxygen atoms in total. The second kappa shape index (κ2) is 9.31. The summed E-state index contributed by atoms with van der Waals surface area (Å²) in [7, 11) is 1.67. The summed E-state index contributed by atoms with van der Waals surface area (Å²) < 4.78 is 12.5. The van der Waals surface area contributed by atoms with Crippen molar-refractivity contribution < 1.29 is 14.3 Å². The minimum atomic E-state index is -0.104. The molecule has 0 aliphatic heterocycles. The summed E-state index contributed by atoms with van der Waals surface area (Å²) >= 11 is 0. The topological polar surface area (TPSA) is 91.2 Å². The van der Waals surface area contributed by atoms with Gasteiger partial charge in [-0.3, -0.25) is 4.79 Å². The first-order valence-corrected chi connectivity index (χ1v) is 11.7. The molecule has 0 unspecified atom stereocenters. The van der Waals surface area contributed by atoms with Crippen LogP contribution in [0.4, 0.5) is 0 Å². The fourth-order valence-corrected chi connectivity index (χ4v) is 4.36. The lowest BCUT2D eigenvalue weighted by molar-refractivity contribution is 0.0943. The molecule has 1 fully saturated rings. The molecule has 1 aromatic carbocycles. The third-order valence-corrected chi connectivity index (χ3v) is 6.25. The van der Waals surface area contributed by atoms with Crippen molar-refractivity contribution >= 4 is 5.91 Å². The van der Waals surface area contributed by atoms with Crippen LogP contribution in [0, 0.1) is 0 Å². The summed E-state index contributed by atoms with van der Waals surface area (Å²) in [5, 5.41) is 7.54. The van der Waals surface area contributed by atoms with Crippen LogP contribution in [0.1, 0.15) is 59.3 Å². The predicted octanol–water partition coefficient (Wildman–Crippen LogP) is 3.47. The van der Waals surface area contributed by atoms with Crippen LogP contribution in [-0.4, -0.2) is 52.5 Å². The quantitative estimate of drug-likeness (QED) is 0.505. The van der Waals surface area contributed by atoms with Gasteiger partial charge in [-0.2, -0.15) is 5.10 Å². The van der Waals surface area contributed by atoms with Crippen LogP contribution in [0.2, 0.25) is 0 Å². The average molecular weight is 448 g/mol. The zero-order chi connectivity index (χ0) is 22.8. The van der Waals surface area contributed by atoms with Crippen molar-refractivity contribution in [2.24, 2.45) is 0 Å². The fourth-order valence-electron chi connectivity index (χ4n) is 4.36. The Morgan fingerprint density at radius 2 is 2.06 bits per heavy atom. The lowest BCUT2D eigenvalue weighted by Gasteiger charge is -2.20. The molecule has 5 rings (SSSR count). The van der Waals surface area contributed by atoms with Crippen LogP contribution in [-0.2, 0) is 17.6 Å². The second-order valence-corrected chi connectivity index (χ2v) is 8.50. The predicted molar refractivity (Wildman–Crippen MR) is 124 cm³/mol. The smallest absolute Gasteiger partial charge is 0.254 e. The van der Waals surface area contributed by atoms with Gasteiger partial charge in [-0.05, 0) is 62.3 Å². The van der Waals surface area contributed by atoms with Gasteiger partial charge in [0.1, 0.15) is 5.75 Å². The molecule has 1 saturated carbocycles. The summed E-state index contributed by atoms with van der Waals surface area (Å²) in [5.41, 5.74) is 5.87. The van der Waals surface area contributed by atoms with E-state index in [0.717, 1.165) is 60.4 Å². The Morgan fingerprint density at radius 3 is 2.85 bits per heavy atom. The van der Waals surface area contributed by atoms with Gasteiger partial charge in [0.15, 0.2) is 0 Å². The third kappa shape index (κ3) is 4.35. The molecule has 2 aliphatic carbocycles. The van der Waals surface area contributed by atoms with Crippen molar-refractivity contribution in [3.8, 4) is 23.0 Å². The molecule has 33 heavy (non-hydrogen) atoms. The van der Waals surface area contributed by atoms with Crippen LogP contribution < -0.4 is 10.1 Å². The molecule has 2 heterocycles. The van der Waals surface area contributed by atoms with Crippen LogP contribution in [0.25, 0.3) is 17.2 Å². The number of fused-ring (bicyclic) bond motifs is 3. The van der Waals surface area contributed by atoms with Gasteiger partial charge >= 0.3 is 0 Å². The molecule has 172 valence electrons. The molecule has 3 aromatic rings. The Labute approximate surface area is 193 Å². The Bertz CT molecular complexity index is 1170. The van der Waals surface area contributed by atoms with Crippen LogP contribution in [0.15, 0.2) is 30.6 Å². The van der Waals surface area contributed by atoms with Crippen molar-refractivity contribution in [3.63, 3.8) is 0 Å². The summed E-state index contributed by atoms with van der Waals surface area (Å²) in [4.78, 5) is 22.4. The highest BCUT2D eigenvalue weighted by Crippen LogP contribution is 2.42. The number of carbonyl (C=O) groups excluding carboxylic acids is 1. The van der Waals surface area contributed by atoms with Crippen LogP contribution in [0.5, 0.6) is 5.75 Å². The molecule has 8 heteroatoms. The van der Waals surface area contributed by atoms with Gasteiger partial charge in [0.25, 0.3) is 11.9 Å². The van der Waals surface area contributed by atoms with Gasteiger partial charge < -0.3 is 14.8 Å². The zero-order valence-electron chi connectivity index (χ0n) is 19.1. The maximum Gasteiger partial charge on any atom is 0.254 e. The van der Waals surface area contributed by atoms with E-state index in [1.165, 1.54) is 5.56 Å². The number of ether oxygens (including phenoxy) is 2. The van der Waals surface area contributed by atoms with E-state index in [0.29, 0.717) is 37.2 Å². The molecule has 2 aliphatic rings. The number of hydrogen-bond donors (Lipinski definition) is 1. The van der Waals surface area contributed by atoms with Crippen molar-refractivity contribution in [2.75, 3.05) is 26.9 Å². The summed E-state index contributed by atoms with van der Waals surface area (Å²) in [5.74, 6) is 1.51. The van der Waals surface area contributed by atoms with E-state index in [1.54, 1.807) is 18.0 Å². The number of amides is 1. The molecule has 0 atom stereocenters. The molecular weight excluding hydrogens is 418 g/mol. The zero-order valence-corrected chi connectivity index (χ0v) is 19.1. The number of rotatable bonds is 9. The normalized spacial score (nSPS) is 14.5. The Balaban J connectivity index is 1.45. The van der Waals surface area contributed by atoms with Gasteiger partial charge in [-0.1, -0.05) is 6.07 Å². The Kier molecular flexibility index (Phi) is 6.09. The highest BCUT2D eigenvalue weighted by molar-refractivity contribution is 5.95.